The molecule has 0 bridgehead atoms. The van der Waals surface area contributed by atoms with Crippen LogP contribution in [0.25, 0.3) is 0 Å². The molecule has 0 saturated carbocycles. The van der Waals surface area contributed by atoms with Gasteiger partial charge >= 0.3 is 0 Å². The Morgan fingerprint density at radius 3 is 2.93 bits per heavy atom. The molecule has 0 radical (unpaired) electrons. The second kappa shape index (κ2) is 5.20. The van der Waals surface area contributed by atoms with Crippen LogP contribution in [0.2, 0.25) is 0 Å². The lowest BCUT2D eigenvalue weighted by molar-refractivity contribution is 0.0925. The molecule has 3 nitrogen and oxygen atoms in total. The molecule has 1 heterocycles. The van der Waals surface area contributed by atoms with E-state index in [1.807, 2.05) is 6.92 Å². The molecule has 1 unspecified atom stereocenters. The maximum Gasteiger partial charge on any atom is 0.287 e. The van der Waals surface area contributed by atoms with E-state index >= 15 is 0 Å². The maximum absolute atomic E-state index is 11.5. The van der Waals surface area contributed by atoms with Gasteiger partial charge in [0.25, 0.3) is 5.91 Å². The smallest absolute Gasteiger partial charge is 0.287 e. The van der Waals surface area contributed by atoms with Gasteiger partial charge in [0, 0.05) is 16.9 Å². The van der Waals surface area contributed by atoms with Crippen molar-refractivity contribution >= 4 is 21.8 Å². The Morgan fingerprint density at radius 2 is 2.43 bits per heavy atom. The van der Waals surface area contributed by atoms with Gasteiger partial charge in [-0.2, -0.15) is 0 Å². The third-order valence-corrected chi connectivity index (χ3v) is 2.97. The van der Waals surface area contributed by atoms with Gasteiger partial charge in [0.05, 0.1) is 6.26 Å². The molecule has 1 aromatic heterocycles. The lowest BCUT2D eigenvalue weighted by Crippen LogP contribution is -2.29. The number of hydrogen-bond donors (Lipinski definition) is 1. The van der Waals surface area contributed by atoms with E-state index in [2.05, 4.69) is 28.2 Å². The van der Waals surface area contributed by atoms with Crippen LogP contribution >= 0.6 is 15.9 Å². The molecule has 78 valence electrons. The van der Waals surface area contributed by atoms with Gasteiger partial charge < -0.3 is 9.73 Å². The van der Waals surface area contributed by atoms with Gasteiger partial charge in [-0.15, -0.1) is 0 Å². The monoisotopic (exact) mass is 259 g/mol. The second-order valence-corrected chi connectivity index (χ2v) is 4.44. The molecule has 0 aliphatic heterocycles. The van der Waals surface area contributed by atoms with Gasteiger partial charge in [-0.25, -0.2) is 0 Å². The van der Waals surface area contributed by atoms with E-state index in [1.165, 1.54) is 6.26 Å². The Bertz CT molecular complexity index is 309. The van der Waals surface area contributed by atoms with Crippen molar-refractivity contribution in [1.29, 1.82) is 0 Å². The molecule has 1 N–H and O–H groups in total. The molecule has 1 rings (SSSR count). The van der Waals surface area contributed by atoms with E-state index in [0.29, 0.717) is 17.1 Å². The van der Waals surface area contributed by atoms with E-state index in [9.17, 15) is 4.79 Å². The quantitative estimate of drug-likeness (QED) is 0.845. The Hall–Kier alpha value is -0.770. The number of carbonyl (C=O) groups excluding carboxylic acids is 1. The van der Waals surface area contributed by atoms with E-state index < -0.39 is 0 Å². The van der Waals surface area contributed by atoms with Gasteiger partial charge in [-0.1, -0.05) is 22.9 Å². The summed E-state index contributed by atoms with van der Waals surface area (Å²) in [5, 5.41) is 2.80. The number of amides is 1. The summed E-state index contributed by atoms with van der Waals surface area (Å²) in [6.45, 7) is 4.53. The van der Waals surface area contributed by atoms with Crippen molar-refractivity contribution in [3.8, 4) is 0 Å². The summed E-state index contributed by atoms with van der Waals surface area (Å²) in [7, 11) is 0. The molecule has 0 aromatic carbocycles. The number of hydrogen-bond acceptors (Lipinski definition) is 2. The molecule has 4 heteroatoms. The largest absolute Gasteiger partial charge is 0.459 e. The minimum Gasteiger partial charge on any atom is -0.459 e. The molecule has 1 aromatic rings. The van der Waals surface area contributed by atoms with Crippen LogP contribution in [-0.4, -0.2) is 17.3 Å². The van der Waals surface area contributed by atoms with Crippen molar-refractivity contribution in [1.82, 2.24) is 5.32 Å². The molecular weight excluding hydrogens is 246 g/mol. The van der Waals surface area contributed by atoms with Crippen molar-refractivity contribution in [2.24, 2.45) is 0 Å². The third-order valence-electron chi connectivity index (χ3n) is 2.00. The molecule has 0 fully saturated rings. The van der Waals surface area contributed by atoms with E-state index in [1.54, 1.807) is 6.07 Å². The number of nitrogens with one attached hydrogen (secondary N) is 1. The van der Waals surface area contributed by atoms with Crippen LogP contribution in [0.5, 0.6) is 0 Å². The molecule has 14 heavy (non-hydrogen) atoms. The Labute approximate surface area is 92.0 Å². The zero-order valence-electron chi connectivity index (χ0n) is 8.34. The molecule has 0 saturated heterocycles. The number of rotatable bonds is 4. The topological polar surface area (TPSA) is 42.2 Å². The average Bonchev–Trinajstić information content (AvgIpc) is 2.60. The van der Waals surface area contributed by atoms with E-state index in [0.717, 1.165) is 12.0 Å². The van der Waals surface area contributed by atoms with Gasteiger partial charge in [-0.05, 0) is 19.4 Å². The Kier molecular flexibility index (Phi) is 4.20. The summed E-state index contributed by atoms with van der Waals surface area (Å²) < 4.78 is 5.06. The summed E-state index contributed by atoms with van der Waals surface area (Å²) in [5.74, 6) is 0.256. The van der Waals surface area contributed by atoms with Gasteiger partial charge in [-0.3, -0.25) is 4.79 Å². The lowest BCUT2D eigenvalue weighted by Gasteiger charge is -2.07. The first-order chi connectivity index (χ1) is 6.65. The highest BCUT2D eigenvalue weighted by molar-refractivity contribution is 9.09. The average molecular weight is 260 g/mol. The number of alkyl halides is 1. The summed E-state index contributed by atoms with van der Waals surface area (Å²) in [6, 6.07) is 1.78. The predicted octanol–water partition coefficient (Wildman–Crippen LogP) is 2.49. The summed E-state index contributed by atoms with van der Waals surface area (Å²) in [4.78, 5) is 11.8. The van der Waals surface area contributed by atoms with Crippen LogP contribution in [-0.2, 0) is 0 Å². The fraction of sp³-hybridized carbons (Fsp3) is 0.500. The van der Waals surface area contributed by atoms with Crippen molar-refractivity contribution in [2.45, 2.75) is 25.1 Å². The number of carbonyl (C=O) groups is 1. The van der Waals surface area contributed by atoms with Crippen LogP contribution in [0.15, 0.2) is 16.7 Å². The van der Waals surface area contributed by atoms with Gasteiger partial charge in [0.15, 0.2) is 5.76 Å². The zero-order valence-corrected chi connectivity index (χ0v) is 9.93. The van der Waals surface area contributed by atoms with E-state index in [4.69, 9.17) is 4.42 Å². The highest BCUT2D eigenvalue weighted by atomic mass is 79.9. The summed E-state index contributed by atoms with van der Waals surface area (Å²) in [6.07, 6.45) is 2.51. The summed E-state index contributed by atoms with van der Waals surface area (Å²) in [5.41, 5.74) is 0.866. The minimum atomic E-state index is -0.148. The van der Waals surface area contributed by atoms with Crippen LogP contribution < -0.4 is 5.32 Å². The lowest BCUT2D eigenvalue weighted by atomic mass is 10.2. The van der Waals surface area contributed by atoms with Crippen LogP contribution in [0.3, 0.4) is 0 Å². The molecule has 0 aliphatic rings. The molecule has 1 amide bonds. The van der Waals surface area contributed by atoms with Gasteiger partial charge in [0.1, 0.15) is 0 Å². The van der Waals surface area contributed by atoms with Crippen LogP contribution in [0, 0.1) is 6.92 Å². The highest BCUT2D eigenvalue weighted by Crippen LogP contribution is 2.09. The first-order valence-electron chi connectivity index (χ1n) is 4.61. The van der Waals surface area contributed by atoms with Crippen molar-refractivity contribution in [3.05, 3.63) is 23.7 Å². The predicted molar refractivity (Wildman–Crippen MR) is 58.8 cm³/mol. The van der Waals surface area contributed by atoms with Gasteiger partial charge in [0.2, 0.25) is 0 Å². The molecular formula is C10H14BrNO2. The third kappa shape index (κ3) is 2.87. The fourth-order valence-corrected chi connectivity index (χ4v) is 1.20. The zero-order chi connectivity index (χ0) is 10.6. The van der Waals surface area contributed by atoms with Crippen molar-refractivity contribution in [3.63, 3.8) is 0 Å². The maximum atomic E-state index is 11.5. The Morgan fingerprint density at radius 1 is 1.71 bits per heavy atom. The first-order valence-corrected chi connectivity index (χ1v) is 5.53. The first kappa shape index (κ1) is 11.3. The fourth-order valence-electron chi connectivity index (χ4n) is 1.03. The molecule has 0 spiro atoms. The number of furan rings is 1. The minimum absolute atomic E-state index is 0.148. The number of aryl methyl sites for hydroxylation is 1. The Balaban J connectivity index is 2.47. The summed E-state index contributed by atoms with van der Waals surface area (Å²) >= 11 is 3.44. The van der Waals surface area contributed by atoms with Crippen molar-refractivity contribution in [2.75, 3.05) is 6.54 Å². The van der Waals surface area contributed by atoms with Crippen molar-refractivity contribution < 1.29 is 9.21 Å². The molecule has 1 atom stereocenters. The standard InChI is InChI=1S/C10H14BrNO2/c1-3-8(11)6-12-10(13)9-7(2)4-5-14-9/h4-5,8H,3,6H2,1-2H3,(H,12,13). The van der Waals surface area contributed by atoms with Crippen LogP contribution in [0.1, 0.15) is 29.5 Å². The number of halogens is 1. The highest BCUT2D eigenvalue weighted by Gasteiger charge is 2.12. The van der Waals surface area contributed by atoms with E-state index in [-0.39, 0.29) is 5.91 Å². The molecule has 0 aliphatic carbocycles. The van der Waals surface area contributed by atoms with Crippen LogP contribution in [0.4, 0.5) is 0 Å². The SMILES string of the molecule is CCC(Br)CNC(=O)c1occc1C. The normalized spacial score (nSPS) is 12.5. The second-order valence-electron chi connectivity index (χ2n) is 3.15.